The van der Waals surface area contributed by atoms with Crippen LogP contribution in [0.15, 0.2) is 60.7 Å². The molecule has 1 heterocycles. The Morgan fingerprint density at radius 3 is 2.07 bits per heavy atom. The van der Waals surface area contributed by atoms with Gasteiger partial charge in [-0.15, -0.1) is 0 Å². The van der Waals surface area contributed by atoms with Gasteiger partial charge in [-0.3, -0.25) is 14.4 Å². The van der Waals surface area contributed by atoms with Crippen molar-refractivity contribution in [2.75, 3.05) is 18.5 Å². The zero-order valence-corrected chi connectivity index (χ0v) is 22.0. The van der Waals surface area contributed by atoms with E-state index in [1.54, 1.807) is 0 Å². The Kier molecular flexibility index (Phi) is 8.60. The van der Waals surface area contributed by atoms with Gasteiger partial charge in [0.1, 0.15) is 11.9 Å². The van der Waals surface area contributed by atoms with Crippen molar-refractivity contribution < 1.29 is 45.1 Å². The van der Waals surface area contributed by atoms with E-state index in [9.17, 15) is 45.1 Å². The Balaban J connectivity index is 1.77. The average Bonchev–Trinajstić information content (AvgIpc) is 3.14. The fourth-order valence-electron chi connectivity index (χ4n) is 4.52. The first-order valence-corrected chi connectivity index (χ1v) is 12.7. The first kappa shape index (κ1) is 30.5. The Morgan fingerprint density at radius 1 is 0.857 bits per heavy atom. The van der Waals surface area contributed by atoms with Crippen LogP contribution in [0.3, 0.4) is 0 Å². The quantitative estimate of drug-likeness (QED) is 0.345. The van der Waals surface area contributed by atoms with Gasteiger partial charge >= 0.3 is 12.4 Å². The van der Waals surface area contributed by atoms with Gasteiger partial charge in [0.15, 0.2) is 0 Å². The second-order valence-corrected chi connectivity index (χ2v) is 9.71. The van der Waals surface area contributed by atoms with E-state index in [0.717, 1.165) is 30.5 Å². The second kappa shape index (κ2) is 11.8. The molecule has 3 aromatic rings. The first-order chi connectivity index (χ1) is 19.6. The van der Waals surface area contributed by atoms with E-state index in [1.165, 1.54) is 30.3 Å². The first-order valence-electron chi connectivity index (χ1n) is 12.7. The maximum atomic E-state index is 13.6. The number of carbonyl (C=O) groups excluding carboxylic acids is 3. The summed E-state index contributed by atoms with van der Waals surface area (Å²) in [5, 5.41) is 5.29. The van der Waals surface area contributed by atoms with Crippen LogP contribution in [0.25, 0.3) is 11.1 Å². The molecule has 0 radical (unpaired) electrons. The van der Waals surface area contributed by atoms with Crippen LogP contribution < -0.4 is 15.5 Å². The summed E-state index contributed by atoms with van der Waals surface area (Å²) < 4.78 is 94.2. The number of hydrogen-bond donors (Lipinski definition) is 2. The number of nitrogens with one attached hydrogen (secondary N) is 2. The molecule has 0 unspecified atom stereocenters. The standard InChI is InChI=1S/C29H24F7N3O3/c1-39(27(42)18-12-19(28(31,32)33)15-20(13-18)29(34,35)36)24-14-17(7-10-22(24)16-5-8-21(30)9-6-16)25(40)38-23-4-2-3-11-37-26(23)41/h5-10,12-15,23H,2-4,11H2,1H3,(H,37,41)(H,38,40)/t23-/m0/s1. The molecule has 222 valence electrons. The largest absolute Gasteiger partial charge is 0.416 e. The van der Waals surface area contributed by atoms with Crippen LogP contribution in [0.2, 0.25) is 0 Å². The lowest BCUT2D eigenvalue weighted by Crippen LogP contribution is -2.45. The third kappa shape index (κ3) is 6.89. The summed E-state index contributed by atoms with van der Waals surface area (Å²) in [4.78, 5) is 39.6. The summed E-state index contributed by atoms with van der Waals surface area (Å²) in [7, 11) is 1.12. The van der Waals surface area contributed by atoms with Crippen LogP contribution in [0.4, 0.5) is 36.4 Å². The molecule has 0 aromatic heterocycles. The topological polar surface area (TPSA) is 78.5 Å². The maximum Gasteiger partial charge on any atom is 0.416 e. The fraction of sp³-hybridized carbons (Fsp3) is 0.276. The predicted molar refractivity (Wildman–Crippen MR) is 139 cm³/mol. The number of alkyl halides is 6. The third-order valence-electron chi connectivity index (χ3n) is 6.76. The summed E-state index contributed by atoms with van der Waals surface area (Å²) in [6.07, 6.45) is -8.56. The number of hydrogen-bond acceptors (Lipinski definition) is 3. The smallest absolute Gasteiger partial charge is 0.354 e. The van der Waals surface area contributed by atoms with Crippen LogP contribution in [0.5, 0.6) is 0 Å². The van der Waals surface area contributed by atoms with E-state index in [4.69, 9.17) is 0 Å². The number of amides is 3. The molecule has 1 fully saturated rings. The normalized spacial score (nSPS) is 15.9. The molecule has 13 heteroatoms. The molecule has 0 saturated carbocycles. The van der Waals surface area contributed by atoms with E-state index in [2.05, 4.69) is 10.6 Å². The van der Waals surface area contributed by atoms with Gasteiger partial charge in [-0.05, 0) is 67.3 Å². The second-order valence-electron chi connectivity index (χ2n) is 9.71. The summed E-state index contributed by atoms with van der Waals surface area (Å²) >= 11 is 0. The van der Waals surface area contributed by atoms with Crippen LogP contribution >= 0.6 is 0 Å². The zero-order valence-electron chi connectivity index (χ0n) is 22.0. The molecule has 3 aromatic carbocycles. The molecule has 0 bridgehead atoms. The Bertz CT molecular complexity index is 1470. The van der Waals surface area contributed by atoms with Crippen molar-refractivity contribution in [2.24, 2.45) is 0 Å². The molecule has 6 nitrogen and oxygen atoms in total. The molecule has 1 aliphatic heterocycles. The number of carbonyl (C=O) groups is 3. The number of halogens is 7. The Morgan fingerprint density at radius 2 is 1.48 bits per heavy atom. The highest BCUT2D eigenvalue weighted by atomic mass is 19.4. The van der Waals surface area contributed by atoms with Gasteiger partial charge in [0.2, 0.25) is 5.91 Å². The molecular formula is C29H24F7N3O3. The monoisotopic (exact) mass is 595 g/mol. The number of benzene rings is 3. The molecule has 4 rings (SSSR count). The lowest BCUT2D eigenvalue weighted by atomic mass is 9.99. The molecule has 42 heavy (non-hydrogen) atoms. The minimum Gasteiger partial charge on any atom is -0.354 e. The highest BCUT2D eigenvalue weighted by Crippen LogP contribution is 2.38. The highest BCUT2D eigenvalue weighted by molar-refractivity contribution is 6.09. The van der Waals surface area contributed by atoms with E-state index in [-0.39, 0.29) is 28.8 Å². The minimum absolute atomic E-state index is 0.0346. The van der Waals surface area contributed by atoms with Gasteiger partial charge in [0.05, 0.1) is 16.8 Å². The Hall–Kier alpha value is -4.42. The van der Waals surface area contributed by atoms with E-state index >= 15 is 0 Å². The van der Waals surface area contributed by atoms with Crippen molar-refractivity contribution >= 4 is 23.4 Å². The van der Waals surface area contributed by atoms with Crippen molar-refractivity contribution in [1.29, 1.82) is 0 Å². The van der Waals surface area contributed by atoms with Gasteiger partial charge in [0.25, 0.3) is 11.8 Å². The van der Waals surface area contributed by atoms with Gasteiger partial charge in [-0.1, -0.05) is 18.2 Å². The summed E-state index contributed by atoms with van der Waals surface area (Å²) in [6.45, 7) is 0.459. The van der Waals surface area contributed by atoms with Gasteiger partial charge < -0.3 is 15.5 Å². The SMILES string of the molecule is CN(C(=O)c1cc(C(F)(F)F)cc(C(F)(F)F)c1)c1cc(C(=O)N[C@H]2CCCCNC2=O)ccc1-c1ccc(F)cc1. The number of rotatable bonds is 5. The molecule has 1 saturated heterocycles. The Labute approximate surface area is 235 Å². The van der Waals surface area contributed by atoms with Crippen molar-refractivity contribution in [3.05, 3.63) is 88.7 Å². The molecule has 1 atom stereocenters. The number of nitrogens with zero attached hydrogens (tertiary/aromatic N) is 1. The van der Waals surface area contributed by atoms with Crippen LogP contribution in [-0.2, 0) is 17.1 Å². The lowest BCUT2D eigenvalue weighted by Gasteiger charge is -2.23. The fourth-order valence-corrected chi connectivity index (χ4v) is 4.52. The average molecular weight is 596 g/mol. The van der Waals surface area contributed by atoms with Crippen LogP contribution in [0.1, 0.15) is 51.1 Å². The summed E-state index contributed by atoms with van der Waals surface area (Å²) in [5.74, 6) is -2.87. The van der Waals surface area contributed by atoms with Crippen molar-refractivity contribution in [3.8, 4) is 11.1 Å². The minimum atomic E-state index is -5.17. The summed E-state index contributed by atoms with van der Waals surface area (Å²) in [5.41, 5.74) is -3.73. The maximum absolute atomic E-state index is 13.6. The van der Waals surface area contributed by atoms with Gasteiger partial charge in [0, 0.05) is 30.3 Å². The summed E-state index contributed by atoms with van der Waals surface area (Å²) in [6, 6.07) is 8.66. The van der Waals surface area contributed by atoms with Crippen molar-refractivity contribution in [2.45, 2.75) is 37.7 Å². The van der Waals surface area contributed by atoms with Crippen LogP contribution in [-0.4, -0.2) is 37.4 Å². The van der Waals surface area contributed by atoms with E-state index < -0.39 is 52.7 Å². The predicted octanol–water partition coefficient (Wildman–Crippen LogP) is 6.21. The van der Waals surface area contributed by atoms with Gasteiger partial charge in [-0.2, -0.15) is 26.3 Å². The zero-order chi connectivity index (χ0) is 30.8. The van der Waals surface area contributed by atoms with Gasteiger partial charge in [-0.25, -0.2) is 4.39 Å². The molecule has 0 spiro atoms. The third-order valence-corrected chi connectivity index (χ3v) is 6.76. The van der Waals surface area contributed by atoms with Crippen molar-refractivity contribution in [3.63, 3.8) is 0 Å². The molecule has 3 amide bonds. The van der Waals surface area contributed by atoms with Crippen LogP contribution in [0, 0.1) is 5.82 Å². The highest BCUT2D eigenvalue weighted by Gasteiger charge is 2.38. The van der Waals surface area contributed by atoms with E-state index in [1.807, 2.05) is 0 Å². The van der Waals surface area contributed by atoms with E-state index in [0.29, 0.717) is 37.1 Å². The molecule has 1 aliphatic rings. The molecular weight excluding hydrogens is 571 g/mol. The number of anilines is 1. The lowest BCUT2D eigenvalue weighted by molar-refractivity contribution is -0.143. The molecule has 2 N–H and O–H groups in total. The van der Waals surface area contributed by atoms with Crippen molar-refractivity contribution in [1.82, 2.24) is 10.6 Å². The molecule has 0 aliphatic carbocycles.